The summed E-state index contributed by atoms with van der Waals surface area (Å²) in [5, 5.41) is 10.2. The minimum atomic E-state index is -0.0866. The van der Waals surface area contributed by atoms with E-state index in [1.54, 1.807) is 7.11 Å². The molecule has 1 fully saturated rings. The Morgan fingerprint density at radius 3 is 2.75 bits per heavy atom. The van der Waals surface area contributed by atoms with Crippen LogP contribution in [0.25, 0.3) is 11.0 Å². The lowest BCUT2D eigenvalue weighted by atomic mass is 9.85. The number of benzene rings is 2. The minimum absolute atomic E-state index is 0.0275. The van der Waals surface area contributed by atoms with Gasteiger partial charge < -0.3 is 19.9 Å². The van der Waals surface area contributed by atoms with E-state index in [0.29, 0.717) is 0 Å². The zero-order valence-electron chi connectivity index (χ0n) is 20.5. The molecule has 3 heterocycles. The molecule has 0 unspecified atom stereocenters. The molecule has 9 nitrogen and oxygen atoms in total. The van der Waals surface area contributed by atoms with Crippen LogP contribution in [0.3, 0.4) is 0 Å². The van der Waals surface area contributed by atoms with E-state index in [0.717, 1.165) is 78.2 Å². The summed E-state index contributed by atoms with van der Waals surface area (Å²) in [6.45, 7) is 3.49. The lowest BCUT2D eigenvalue weighted by Gasteiger charge is -2.28. The Hall–Kier alpha value is -4.01. The van der Waals surface area contributed by atoms with Crippen molar-refractivity contribution in [3.8, 4) is 5.75 Å². The van der Waals surface area contributed by atoms with Crippen LogP contribution < -0.4 is 20.6 Å². The van der Waals surface area contributed by atoms with Crippen molar-refractivity contribution >= 4 is 28.3 Å². The summed E-state index contributed by atoms with van der Waals surface area (Å²) in [5.74, 6) is 0.713. The Labute approximate surface area is 208 Å². The number of nitrogens with zero attached hydrogens (tertiary/aromatic N) is 3. The van der Waals surface area contributed by atoms with Crippen LogP contribution in [0.1, 0.15) is 48.5 Å². The zero-order chi connectivity index (χ0) is 24.8. The molecule has 4 aromatic rings. The molecule has 2 aromatic heterocycles. The van der Waals surface area contributed by atoms with Gasteiger partial charge in [-0.25, -0.2) is 4.79 Å². The Kier molecular flexibility index (Phi) is 5.55. The summed E-state index contributed by atoms with van der Waals surface area (Å²) < 4.78 is 7.27. The normalized spacial score (nSPS) is 19.4. The number of nitrogens with one attached hydrogen (secondary N) is 3. The van der Waals surface area contributed by atoms with Gasteiger partial charge in [0.2, 0.25) is 5.91 Å². The van der Waals surface area contributed by atoms with Crippen LogP contribution in [0.15, 0.2) is 47.4 Å². The Morgan fingerprint density at radius 1 is 1.14 bits per heavy atom. The smallest absolute Gasteiger partial charge is 0.326 e. The third-order valence-corrected chi connectivity index (χ3v) is 7.70. The van der Waals surface area contributed by atoms with Crippen LogP contribution in [0.4, 0.5) is 11.4 Å². The Morgan fingerprint density at radius 2 is 1.97 bits per heavy atom. The molecule has 1 aliphatic heterocycles. The van der Waals surface area contributed by atoms with Gasteiger partial charge in [0.15, 0.2) is 0 Å². The molecule has 6 rings (SSSR count). The first-order valence-electron chi connectivity index (χ1n) is 12.5. The molecule has 186 valence electrons. The lowest BCUT2D eigenvalue weighted by Crippen LogP contribution is -2.31. The van der Waals surface area contributed by atoms with E-state index < -0.39 is 0 Å². The second-order valence-electron chi connectivity index (χ2n) is 9.88. The molecule has 0 radical (unpaired) electrons. The molecule has 36 heavy (non-hydrogen) atoms. The first-order chi connectivity index (χ1) is 17.5. The SMILES string of the molecule is COc1cc(NC(=O)[C@H]2CC[C@@H](n3c(=O)[nH]c4c(N5Cc6cn[nH]c6C5)cccc43)CC2)ccc1C. The number of fused-ring (bicyclic) bond motifs is 2. The van der Waals surface area contributed by atoms with E-state index >= 15 is 0 Å². The highest BCUT2D eigenvalue weighted by atomic mass is 16.5. The first-order valence-corrected chi connectivity index (χ1v) is 12.5. The quantitative estimate of drug-likeness (QED) is 0.391. The number of anilines is 2. The highest BCUT2D eigenvalue weighted by Gasteiger charge is 2.30. The van der Waals surface area contributed by atoms with Crippen LogP contribution in [-0.4, -0.2) is 32.8 Å². The third-order valence-electron chi connectivity index (χ3n) is 7.70. The molecule has 2 aliphatic rings. The van der Waals surface area contributed by atoms with E-state index in [2.05, 4.69) is 31.5 Å². The summed E-state index contributed by atoms with van der Waals surface area (Å²) in [6.07, 6.45) is 4.92. The molecule has 1 saturated carbocycles. The van der Waals surface area contributed by atoms with Crippen LogP contribution >= 0.6 is 0 Å². The summed E-state index contributed by atoms with van der Waals surface area (Å²) in [7, 11) is 1.63. The van der Waals surface area contributed by atoms with E-state index in [9.17, 15) is 9.59 Å². The maximum absolute atomic E-state index is 13.1. The standard InChI is InChI=1S/C27H30N6O3/c1-16-6-9-19(12-24(16)36-2)29-26(34)17-7-10-20(11-8-17)33-23-5-3-4-22(25(23)30-27(33)35)32-14-18-13-28-31-21(18)15-32/h3-6,9,12-13,17,20H,7-8,10-11,14-15H2,1-2H3,(H,28,31)(H,29,34)(H,30,35)/t17-,20+. The van der Waals surface area contributed by atoms with Gasteiger partial charge in [-0.15, -0.1) is 0 Å². The highest BCUT2D eigenvalue weighted by Crippen LogP contribution is 2.36. The number of carbonyl (C=O) groups is 1. The summed E-state index contributed by atoms with van der Waals surface area (Å²) in [6, 6.07) is 11.9. The largest absolute Gasteiger partial charge is 0.496 e. The molecular weight excluding hydrogens is 456 g/mol. The fourth-order valence-corrected chi connectivity index (χ4v) is 5.73. The van der Waals surface area contributed by atoms with Crippen LogP contribution in [0, 0.1) is 12.8 Å². The maximum atomic E-state index is 13.1. The van der Waals surface area contributed by atoms with Crippen molar-refractivity contribution in [2.75, 3.05) is 17.3 Å². The molecular formula is C27H30N6O3. The number of methoxy groups -OCH3 is 1. The van der Waals surface area contributed by atoms with Gasteiger partial charge >= 0.3 is 5.69 Å². The maximum Gasteiger partial charge on any atom is 0.326 e. The van der Waals surface area contributed by atoms with Crippen molar-refractivity contribution in [3.63, 3.8) is 0 Å². The van der Waals surface area contributed by atoms with Crippen LogP contribution in [-0.2, 0) is 17.9 Å². The summed E-state index contributed by atoms with van der Waals surface area (Å²) in [5.41, 5.74) is 6.81. The predicted octanol–water partition coefficient (Wildman–Crippen LogP) is 4.26. The van der Waals surface area contributed by atoms with Gasteiger partial charge in [-0.05, 0) is 56.4 Å². The van der Waals surface area contributed by atoms with Gasteiger partial charge in [0.05, 0.1) is 42.3 Å². The lowest BCUT2D eigenvalue weighted by molar-refractivity contribution is -0.121. The monoisotopic (exact) mass is 486 g/mol. The number of aromatic nitrogens is 4. The van der Waals surface area contributed by atoms with Crippen molar-refractivity contribution < 1.29 is 9.53 Å². The molecule has 0 saturated heterocycles. The predicted molar refractivity (Wildman–Crippen MR) is 138 cm³/mol. The van der Waals surface area contributed by atoms with E-state index in [1.165, 1.54) is 5.56 Å². The molecule has 2 aromatic carbocycles. The average Bonchev–Trinajstić information content (AvgIpc) is 3.58. The number of H-pyrrole nitrogens is 2. The van der Waals surface area contributed by atoms with Crippen molar-refractivity contribution in [3.05, 3.63) is 69.9 Å². The molecule has 0 bridgehead atoms. The molecule has 1 amide bonds. The summed E-state index contributed by atoms with van der Waals surface area (Å²) in [4.78, 5) is 31.4. The number of amides is 1. The van der Waals surface area contributed by atoms with Crippen molar-refractivity contribution in [1.29, 1.82) is 0 Å². The van der Waals surface area contributed by atoms with E-state index in [1.807, 2.05) is 48.0 Å². The molecule has 0 spiro atoms. The molecule has 3 N–H and O–H groups in total. The fraction of sp³-hybridized carbons (Fsp3) is 0.370. The average molecular weight is 487 g/mol. The zero-order valence-corrected chi connectivity index (χ0v) is 20.5. The fourth-order valence-electron chi connectivity index (χ4n) is 5.73. The van der Waals surface area contributed by atoms with Gasteiger partial charge in [0.1, 0.15) is 5.75 Å². The van der Waals surface area contributed by atoms with Gasteiger partial charge in [0.25, 0.3) is 0 Å². The van der Waals surface area contributed by atoms with Crippen molar-refractivity contribution in [1.82, 2.24) is 19.7 Å². The topological polar surface area (TPSA) is 108 Å². The number of hydrogen-bond donors (Lipinski definition) is 3. The number of para-hydroxylation sites is 1. The molecule has 0 atom stereocenters. The van der Waals surface area contributed by atoms with Crippen molar-refractivity contribution in [2.45, 2.75) is 51.7 Å². The number of aromatic amines is 2. The van der Waals surface area contributed by atoms with Crippen LogP contribution in [0.5, 0.6) is 5.75 Å². The second-order valence-corrected chi connectivity index (χ2v) is 9.88. The number of hydrogen-bond acceptors (Lipinski definition) is 5. The highest BCUT2D eigenvalue weighted by molar-refractivity contribution is 5.93. The number of rotatable bonds is 5. The van der Waals surface area contributed by atoms with Gasteiger partial charge in [-0.2, -0.15) is 5.10 Å². The second kappa shape index (κ2) is 8.89. The third kappa shape index (κ3) is 3.84. The number of ether oxygens (including phenoxy) is 1. The van der Waals surface area contributed by atoms with Crippen molar-refractivity contribution in [2.24, 2.45) is 5.92 Å². The minimum Gasteiger partial charge on any atom is -0.496 e. The van der Waals surface area contributed by atoms with Gasteiger partial charge in [0, 0.05) is 35.8 Å². The Balaban J connectivity index is 1.17. The number of imidazole rings is 1. The molecule has 9 heteroatoms. The van der Waals surface area contributed by atoms with Gasteiger partial charge in [-0.3, -0.25) is 14.5 Å². The first kappa shape index (κ1) is 22.5. The number of carbonyl (C=O) groups excluding carboxylic acids is 1. The Bertz CT molecular complexity index is 1470. The summed E-state index contributed by atoms with van der Waals surface area (Å²) >= 11 is 0. The molecule has 1 aliphatic carbocycles. The van der Waals surface area contributed by atoms with Crippen LogP contribution in [0.2, 0.25) is 0 Å². The van der Waals surface area contributed by atoms with E-state index in [4.69, 9.17) is 4.74 Å². The van der Waals surface area contributed by atoms with Gasteiger partial charge in [-0.1, -0.05) is 12.1 Å². The van der Waals surface area contributed by atoms with E-state index in [-0.39, 0.29) is 23.6 Å². The number of aryl methyl sites for hydroxylation is 1.